The molecule has 1 unspecified atom stereocenters. The van der Waals surface area contributed by atoms with Gasteiger partial charge in [0.2, 0.25) is 0 Å². The summed E-state index contributed by atoms with van der Waals surface area (Å²) in [5.74, 6) is 0.808. The Kier molecular flexibility index (Phi) is 6.53. The predicted molar refractivity (Wildman–Crippen MR) is 111 cm³/mol. The van der Waals surface area contributed by atoms with Crippen LogP contribution in [0.5, 0.6) is 5.75 Å². The fourth-order valence-corrected chi connectivity index (χ4v) is 3.11. The number of nitrogens with zero attached hydrogens (tertiary/aromatic N) is 1. The second-order valence-electron chi connectivity index (χ2n) is 8.35. The molecule has 0 aliphatic rings. The summed E-state index contributed by atoms with van der Waals surface area (Å²) >= 11 is -1.29. The topological polar surface area (TPSA) is 44.7 Å². The summed E-state index contributed by atoms with van der Waals surface area (Å²) in [6, 6.07) is 18.0. The summed E-state index contributed by atoms with van der Waals surface area (Å²) in [5, 5.41) is 0. The summed E-state index contributed by atoms with van der Waals surface area (Å²) in [6.45, 7) is 12.6. The van der Waals surface area contributed by atoms with Crippen LogP contribution in [0.4, 0.5) is 0 Å². The summed E-state index contributed by atoms with van der Waals surface area (Å²) in [5.41, 5.74) is 2.75. The molecule has 0 aliphatic carbocycles. The van der Waals surface area contributed by atoms with Gasteiger partial charge in [-0.05, 0) is 50.6 Å². The van der Waals surface area contributed by atoms with Gasteiger partial charge < -0.3 is 9.29 Å². The van der Waals surface area contributed by atoms with Crippen LogP contribution in [0.25, 0.3) is 0 Å². The zero-order chi connectivity index (χ0) is 19.4. The lowest BCUT2D eigenvalue weighted by Crippen LogP contribution is -2.30. The molecular formula is C22H29NO2S. The number of ether oxygens (including phenoxy) is 1. The molecular weight excluding hydrogens is 342 g/mol. The molecule has 3 nitrogen and oxygen atoms in total. The van der Waals surface area contributed by atoms with Crippen LogP contribution in [-0.4, -0.2) is 15.0 Å². The fourth-order valence-electron chi connectivity index (χ4n) is 2.29. The summed E-state index contributed by atoms with van der Waals surface area (Å²) in [7, 11) is 0. The number of hydrogen-bond acceptors (Lipinski definition) is 3. The Morgan fingerprint density at radius 1 is 0.923 bits per heavy atom. The molecule has 0 bridgehead atoms. The van der Waals surface area contributed by atoms with Crippen molar-refractivity contribution in [3.05, 3.63) is 65.7 Å². The Labute approximate surface area is 160 Å². The lowest BCUT2D eigenvalue weighted by Gasteiger charge is -2.25. The van der Waals surface area contributed by atoms with E-state index in [2.05, 4.69) is 25.2 Å². The molecule has 0 spiro atoms. The van der Waals surface area contributed by atoms with Gasteiger partial charge in [-0.15, -0.1) is 0 Å². The number of benzene rings is 2. The van der Waals surface area contributed by atoms with E-state index in [1.54, 1.807) is 0 Å². The molecule has 0 amide bonds. The van der Waals surface area contributed by atoms with E-state index in [-0.39, 0.29) is 10.2 Å². The van der Waals surface area contributed by atoms with Crippen LogP contribution in [0.2, 0.25) is 0 Å². The first-order valence-corrected chi connectivity index (χ1v) is 9.96. The van der Waals surface area contributed by atoms with Gasteiger partial charge in [0, 0.05) is 11.0 Å². The molecule has 0 fully saturated rings. The van der Waals surface area contributed by atoms with Gasteiger partial charge in [0.25, 0.3) is 0 Å². The highest BCUT2D eigenvalue weighted by Gasteiger charge is 2.31. The van der Waals surface area contributed by atoms with Crippen LogP contribution < -0.4 is 4.74 Å². The molecule has 140 valence electrons. The minimum Gasteiger partial charge on any atom is -0.591 e. The second-order valence-corrected chi connectivity index (χ2v) is 10.3. The van der Waals surface area contributed by atoms with Gasteiger partial charge in [-0.1, -0.05) is 55.5 Å². The maximum atomic E-state index is 12.5. The summed E-state index contributed by atoms with van der Waals surface area (Å²) in [6.07, 6.45) is 0. The normalized spacial score (nSPS) is 14.2. The first kappa shape index (κ1) is 20.5. The molecule has 2 rings (SSSR count). The molecule has 0 aromatic heterocycles. The molecule has 0 saturated heterocycles. The van der Waals surface area contributed by atoms with Gasteiger partial charge in [0.05, 0.1) is 0 Å². The predicted octanol–water partition coefficient (Wildman–Crippen LogP) is 5.56. The fraction of sp³-hybridized carbons (Fsp3) is 0.409. The minimum atomic E-state index is -1.29. The van der Waals surface area contributed by atoms with Crippen LogP contribution in [0, 0.1) is 5.41 Å². The van der Waals surface area contributed by atoms with Crippen molar-refractivity contribution >= 4 is 17.1 Å². The zero-order valence-corrected chi connectivity index (χ0v) is 17.4. The number of rotatable bonds is 5. The minimum absolute atomic E-state index is 0.201. The van der Waals surface area contributed by atoms with E-state index in [1.165, 1.54) is 0 Å². The van der Waals surface area contributed by atoms with Crippen molar-refractivity contribution in [3.8, 4) is 5.75 Å². The van der Waals surface area contributed by atoms with E-state index in [9.17, 15) is 4.55 Å². The van der Waals surface area contributed by atoms with Gasteiger partial charge in [-0.3, -0.25) is 0 Å². The van der Waals surface area contributed by atoms with Crippen molar-refractivity contribution in [3.63, 3.8) is 0 Å². The molecule has 4 heteroatoms. The third-order valence-corrected chi connectivity index (χ3v) is 5.18. The maximum Gasteiger partial charge on any atom is 0.144 e. The van der Waals surface area contributed by atoms with Crippen molar-refractivity contribution in [2.45, 2.75) is 52.9 Å². The van der Waals surface area contributed by atoms with E-state index < -0.39 is 11.4 Å². The van der Waals surface area contributed by atoms with Gasteiger partial charge in [-0.25, -0.2) is 0 Å². The van der Waals surface area contributed by atoms with Gasteiger partial charge >= 0.3 is 0 Å². The highest BCUT2D eigenvalue weighted by atomic mass is 32.2. The Morgan fingerprint density at radius 3 is 2.00 bits per heavy atom. The molecule has 0 saturated carbocycles. The standard InChI is InChI=1S/C22H29NO2S/c1-21(2,3)20(23-26(24)22(4,5)6)18-12-14-19(15-13-18)25-16-17-10-8-7-9-11-17/h7-15H,16H2,1-6H3. The first-order valence-electron chi connectivity index (χ1n) is 8.86. The van der Waals surface area contributed by atoms with Crippen LogP contribution in [0.3, 0.4) is 0 Å². The van der Waals surface area contributed by atoms with E-state index in [0.29, 0.717) is 6.61 Å². The van der Waals surface area contributed by atoms with Crippen LogP contribution in [0.1, 0.15) is 52.7 Å². The Bertz CT molecular complexity index is 725. The Morgan fingerprint density at radius 2 is 1.50 bits per heavy atom. The monoisotopic (exact) mass is 371 g/mol. The van der Waals surface area contributed by atoms with Crippen LogP contribution in [0.15, 0.2) is 59.0 Å². The summed E-state index contributed by atoms with van der Waals surface area (Å²) < 4.78 is 22.5. The van der Waals surface area contributed by atoms with Gasteiger partial charge in [0.1, 0.15) is 34.2 Å². The first-order chi connectivity index (χ1) is 12.1. The molecule has 0 radical (unpaired) electrons. The van der Waals surface area contributed by atoms with Crippen molar-refractivity contribution < 1.29 is 9.29 Å². The highest BCUT2D eigenvalue weighted by molar-refractivity contribution is 7.91. The molecule has 0 aliphatic heterocycles. The lowest BCUT2D eigenvalue weighted by molar-refractivity contribution is 0.306. The third-order valence-electron chi connectivity index (χ3n) is 3.78. The maximum absolute atomic E-state index is 12.5. The molecule has 0 N–H and O–H groups in total. The van der Waals surface area contributed by atoms with E-state index in [1.807, 2.05) is 75.4 Å². The van der Waals surface area contributed by atoms with E-state index >= 15 is 0 Å². The highest BCUT2D eigenvalue weighted by Crippen LogP contribution is 2.27. The molecule has 0 heterocycles. The van der Waals surface area contributed by atoms with E-state index in [4.69, 9.17) is 4.74 Å². The van der Waals surface area contributed by atoms with Crippen LogP contribution >= 0.6 is 0 Å². The SMILES string of the molecule is CC(C)(C)C(=N[S+]([O-])C(C)(C)C)c1ccc(OCc2ccccc2)cc1. The van der Waals surface area contributed by atoms with Gasteiger partial charge in [0.15, 0.2) is 0 Å². The van der Waals surface area contributed by atoms with Crippen molar-refractivity contribution in [2.24, 2.45) is 9.81 Å². The Hall–Kier alpha value is -1.78. The van der Waals surface area contributed by atoms with Crippen LogP contribution in [-0.2, 0) is 18.0 Å². The summed E-state index contributed by atoms with van der Waals surface area (Å²) in [4.78, 5) is 0. The molecule has 26 heavy (non-hydrogen) atoms. The average Bonchev–Trinajstić information content (AvgIpc) is 2.57. The quantitative estimate of drug-likeness (QED) is 0.510. The number of hydrogen-bond donors (Lipinski definition) is 0. The zero-order valence-electron chi connectivity index (χ0n) is 16.6. The van der Waals surface area contributed by atoms with Gasteiger partial charge in [-0.2, -0.15) is 0 Å². The Balaban J connectivity index is 2.18. The largest absolute Gasteiger partial charge is 0.591 e. The van der Waals surface area contributed by atoms with Crippen molar-refractivity contribution in [1.82, 2.24) is 0 Å². The average molecular weight is 372 g/mol. The second kappa shape index (κ2) is 8.28. The molecule has 1 atom stereocenters. The molecule has 2 aromatic carbocycles. The third kappa shape index (κ3) is 5.89. The van der Waals surface area contributed by atoms with Crippen molar-refractivity contribution in [1.29, 1.82) is 0 Å². The molecule has 2 aromatic rings. The van der Waals surface area contributed by atoms with Crippen molar-refractivity contribution in [2.75, 3.05) is 0 Å². The van der Waals surface area contributed by atoms with E-state index in [0.717, 1.165) is 22.6 Å². The smallest absolute Gasteiger partial charge is 0.144 e. The lowest BCUT2D eigenvalue weighted by atomic mass is 9.86.